The summed E-state index contributed by atoms with van der Waals surface area (Å²) in [5.74, 6) is -0.578. The molecular weight excluding hydrogens is 510 g/mol. The third-order valence-electron chi connectivity index (χ3n) is 7.08. The second kappa shape index (κ2) is 10.5. The molecule has 0 saturated carbocycles. The lowest BCUT2D eigenvalue weighted by atomic mass is 9.77. The zero-order valence-electron chi connectivity index (χ0n) is 20.7. The van der Waals surface area contributed by atoms with Gasteiger partial charge in [0.05, 0.1) is 36.4 Å². The molecule has 186 valence electrons. The van der Waals surface area contributed by atoms with E-state index >= 15 is 0 Å². The Morgan fingerprint density at radius 2 is 1.94 bits per heavy atom. The minimum atomic E-state index is -0.812. The van der Waals surface area contributed by atoms with E-state index in [1.54, 1.807) is 0 Å². The number of rotatable bonds is 8. The van der Waals surface area contributed by atoms with Crippen molar-refractivity contribution in [2.24, 2.45) is 5.92 Å². The van der Waals surface area contributed by atoms with Crippen LogP contribution in [-0.2, 0) is 37.6 Å². The van der Waals surface area contributed by atoms with Gasteiger partial charge in [-0.15, -0.1) is 0 Å². The maximum absolute atomic E-state index is 13.0. The first-order chi connectivity index (χ1) is 16.8. The average Bonchev–Trinajstić information content (AvgIpc) is 3.27. The molecular formula is C28H32BrNO5. The molecule has 0 radical (unpaired) electrons. The number of esters is 2. The van der Waals surface area contributed by atoms with Crippen LogP contribution in [0.4, 0.5) is 0 Å². The van der Waals surface area contributed by atoms with E-state index in [9.17, 15) is 9.59 Å². The molecule has 3 aromatic rings. The van der Waals surface area contributed by atoms with Crippen LogP contribution in [0.3, 0.4) is 0 Å². The quantitative estimate of drug-likeness (QED) is 0.335. The summed E-state index contributed by atoms with van der Waals surface area (Å²) in [5.41, 5.74) is 4.31. The number of fused-ring (bicyclic) bond motifs is 3. The van der Waals surface area contributed by atoms with E-state index in [-0.39, 0.29) is 30.9 Å². The predicted octanol–water partition coefficient (Wildman–Crippen LogP) is 6.36. The molecule has 0 saturated heterocycles. The molecule has 0 bridgehead atoms. The topological polar surface area (TPSA) is 77.6 Å². The molecule has 2 heterocycles. The number of aryl methyl sites for hydroxylation is 1. The average molecular weight is 542 g/mol. The number of H-pyrrole nitrogens is 1. The Labute approximate surface area is 214 Å². The summed E-state index contributed by atoms with van der Waals surface area (Å²) in [4.78, 5) is 29.3. The number of carbonyl (C=O) groups is 2. The lowest BCUT2D eigenvalue weighted by Gasteiger charge is -2.41. The molecule has 35 heavy (non-hydrogen) atoms. The molecule has 0 amide bonds. The maximum atomic E-state index is 13.0. The van der Waals surface area contributed by atoms with Crippen LogP contribution in [0, 0.1) is 12.8 Å². The lowest BCUT2D eigenvalue weighted by molar-refractivity contribution is -0.160. The Morgan fingerprint density at radius 1 is 1.20 bits per heavy atom. The smallest absolute Gasteiger partial charge is 0.338 e. The zero-order chi connectivity index (χ0) is 25.2. The molecule has 1 N–H and O–H groups in total. The molecule has 4 rings (SSSR count). The molecule has 2 unspecified atom stereocenters. The second-order valence-electron chi connectivity index (χ2n) is 9.10. The number of hydrogen-bond donors (Lipinski definition) is 1. The fourth-order valence-corrected chi connectivity index (χ4v) is 5.68. The largest absolute Gasteiger partial charge is 0.466 e. The normalized spacial score (nSPS) is 18.2. The second-order valence-corrected chi connectivity index (χ2v) is 9.95. The van der Waals surface area contributed by atoms with Gasteiger partial charge in [0.25, 0.3) is 0 Å². The first-order valence-corrected chi connectivity index (χ1v) is 13.0. The highest BCUT2D eigenvalue weighted by Crippen LogP contribution is 2.47. The van der Waals surface area contributed by atoms with E-state index in [0.717, 1.165) is 44.2 Å². The number of ether oxygens (including phenoxy) is 3. The number of halogens is 1. The zero-order valence-corrected chi connectivity index (χ0v) is 22.3. The van der Waals surface area contributed by atoms with E-state index in [1.807, 2.05) is 50.2 Å². The fraction of sp³-hybridized carbons (Fsp3) is 0.429. The van der Waals surface area contributed by atoms with Crippen LogP contribution >= 0.6 is 15.9 Å². The van der Waals surface area contributed by atoms with Crippen molar-refractivity contribution < 1.29 is 23.8 Å². The standard InChI is InChI=1S/C28H32BrNO5/c1-5-17(3)28(15-23(31)33-6-2)26-20(12-13-35-28)24-22(29)14-21(18(4)25(24)30-26)27(32)34-16-19-10-8-7-9-11-19/h7-11,14,17,30H,5-6,12-13,15-16H2,1-4H3. The van der Waals surface area contributed by atoms with Crippen molar-refractivity contribution in [3.05, 3.63) is 68.8 Å². The van der Waals surface area contributed by atoms with Gasteiger partial charge in [-0.25, -0.2) is 4.79 Å². The Bertz CT molecular complexity index is 1240. The molecule has 0 spiro atoms. The van der Waals surface area contributed by atoms with Crippen LogP contribution in [0.15, 0.2) is 40.9 Å². The minimum Gasteiger partial charge on any atom is -0.466 e. The third-order valence-corrected chi connectivity index (χ3v) is 7.71. The first-order valence-electron chi connectivity index (χ1n) is 12.2. The first kappa shape index (κ1) is 25.5. The van der Waals surface area contributed by atoms with Gasteiger partial charge in [0.1, 0.15) is 12.2 Å². The summed E-state index contributed by atoms with van der Waals surface area (Å²) in [6, 6.07) is 11.5. The molecule has 1 aliphatic rings. The lowest BCUT2D eigenvalue weighted by Crippen LogP contribution is -2.43. The van der Waals surface area contributed by atoms with Gasteiger partial charge in [-0.3, -0.25) is 4.79 Å². The molecule has 1 aliphatic heterocycles. The van der Waals surface area contributed by atoms with Crippen LogP contribution in [0.25, 0.3) is 10.9 Å². The molecule has 2 aromatic carbocycles. The van der Waals surface area contributed by atoms with Crippen LogP contribution < -0.4 is 0 Å². The minimum absolute atomic E-state index is 0.0772. The number of carbonyl (C=O) groups excluding carboxylic acids is 2. The summed E-state index contributed by atoms with van der Waals surface area (Å²) in [6.07, 6.45) is 1.69. The Morgan fingerprint density at radius 3 is 2.63 bits per heavy atom. The van der Waals surface area contributed by atoms with Crippen molar-refractivity contribution in [3.63, 3.8) is 0 Å². The number of benzene rings is 2. The van der Waals surface area contributed by atoms with Crippen molar-refractivity contribution in [1.29, 1.82) is 0 Å². The van der Waals surface area contributed by atoms with Crippen molar-refractivity contribution in [1.82, 2.24) is 4.98 Å². The van der Waals surface area contributed by atoms with Crippen molar-refractivity contribution in [2.45, 2.75) is 59.2 Å². The predicted molar refractivity (Wildman–Crippen MR) is 138 cm³/mol. The van der Waals surface area contributed by atoms with E-state index in [2.05, 4.69) is 34.8 Å². The molecule has 1 aromatic heterocycles. The molecule has 0 fully saturated rings. The molecule has 7 heteroatoms. The van der Waals surface area contributed by atoms with Gasteiger partial charge in [-0.1, -0.05) is 66.5 Å². The summed E-state index contributed by atoms with van der Waals surface area (Å²) < 4.78 is 18.1. The summed E-state index contributed by atoms with van der Waals surface area (Å²) in [7, 11) is 0. The number of aromatic amines is 1. The fourth-order valence-electron chi connectivity index (χ4n) is 5.02. The number of aromatic nitrogens is 1. The SMILES string of the molecule is CCOC(=O)CC1(C(C)CC)OCCc2c1[nH]c1c(C)c(C(=O)OCc3ccccc3)cc(Br)c21. The highest BCUT2D eigenvalue weighted by atomic mass is 79.9. The monoisotopic (exact) mass is 541 g/mol. The van der Waals surface area contributed by atoms with E-state index < -0.39 is 5.60 Å². The Hall–Kier alpha value is -2.64. The van der Waals surface area contributed by atoms with Gasteiger partial charge in [-0.05, 0) is 48.9 Å². The van der Waals surface area contributed by atoms with Gasteiger partial charge in [0.2, 0.25) is 0 Å². The van der Waals surface area contributed by atoms with Gasteiger partial charge in [-0.2, -0.15) is 0 Å². The van der Waals surface area contributed by atoms with Crippen molar-refractivity contribution >= 4 is 38.8 Å². The molecule has 6 nitrogen and oxygen atoms in total. The van der Waals surface area contributed by atoms with Crippen LogP contribution in [0.2, 0.25) is 0 Å². The Kier molecular flexibility index (Phi) is 7.67. The summed E-state index contributed by atoms with van der Waals surface area (Å²) in [5, 5.41) is 1.02. The Balaban J connectivity index is 1.77. The third kappa shape index (κ3) is 4.76. The number of hydrogen-bond acceptors (Lipinski definition) is 5. The van der Waals surface area contributed by atoms with Crippen molar-refractivity contribution in [2.75, 3.05) is 13.2 Å². The summed E-state index contributed by atoms with van der Waals surface area (Å²) >= 11 is 3.71. The van der Waals surface area contributed by atoms with E-state index in [1.165, 1.54) is 0 Å². The van der Waals surface area contributed by atoms with Crippen LogP contribution in [0.5, 0.6) is 0 Å². The van der Waals surface area contributed by atoms with Gasteiger partial charge in [0.15, 0.2) is 0 Å². The summed E-state index contributed by atoms with van der Waals surface area (Å²) in [6.45, 7) is 8.98. The van der Waals surface area contributed by atoms with Crippen LogP contribution in [0.1, 0.15) is 66.4 Å². The van der Waals surface area contributed by atoms with E-state index in [0.29, 0.717) is 25.2 Å². The van der Waals surface area contributed by atoms with Crippen LogP contribution in [-0.4, -0.2) is 30.1 Å². The highest BCUT2D eigenvalue weighted by molar-refractivity contribution is 9.10. The van der Waals surface area contributed by atoms with Gasteiger partial charge < -0.3 is 19.2 Å². The molecule has 0 aliphatic carbocycles. The number of nitrogens with one attached hydrogen (secondary N) is 1. The molecule has 2 atom stereocenters. The van der Waals surface area contributed by atoms with Gasteiger partial charge in [0, 0.05) is 9.86 Å². The maximum Gasteiger partial charge on any atom is 0.338 e. The highest BCUT2D eigenvalue weighted by Gasteiger charge is 2.46. The van der Waals surface area contributed by atoms with Crippen molar-refractivity contribution in [3.8, 4) is 0 Å². The van der Waals surface area contributed by atoms with E-state index in [4.69, 9.17) is 14.2 Å². The van der Waals surface area contributed by atoms with Gasteiger partial charge >= 0.3 is 11.9 Å².